The number of carbonyl (C=O) groups is 4. The number of rotatable bonds is 2. The maximum Gasteiger partial charge on any atom is 0.255 e. The predicted molar refractivity (Wildman–Crippen MR) is 129 cm³/mol. The molecule has 1 saturated heterocycles. The van der Waals surface area contributed by atoms with E-state index in [-0.39, 0.29) is 55.1 Å². The molecule has 0 bridgehead atoms. The molecule has 3 rings (SSSR count). The highest BCUT2D eigenvalue weighted by atomic mass is 16.5. The zero-order valence-corrected chi connectivity index (χ0v) is 21.1. The van der Waals surface area contributed by atoms with Gasteiger partial charge >= 0.3 is 0 Å². The highest BCUT2D eigenvalue weighted by Gasteiger charge is 2.35. The number of ether oxygens (including phenoxy) is 2. The molecule has 35 heavy (non-hydrogen) atoms. The number of amides is 4. The van der Waals surface area contributed by atoms with Crippen LogP contribution in [0.25, 0.3) is 0 Å². The second-order valence-corrected chi connectivity index (χ2v) is 9.62. The van der Waals surface area contributed by atoms with E-state index >= 15 is 0 Å². The van der Waals surface area contributed by atoms with Gasteiger partial charge in [-0.1, -0.05) is 26.0 Å². The molecule has 10 nitrogen and oxygen atoms in total. The normalized spacial score (nSPS) is 26.9. The maximum atomic E-state index is 13.5. The molecular formula is C25H36N4O6. The van der Waals surface area contributed by atoms with Crippen LogP contribution in [0, 0.1) is 5.92 Å². The topological polar surface area (TPSA) is 117 Å². The van der Waals surface area contributed by atoms with Crippen LogP contribution < -0.4 is 15.4 Å². The molecule has 1 fully saturated rings. The van der Waals surface area contributed by atoms with Crippen LogP contribution in [0.5, 0.6) is 5.75 Å². The molecule has 2 aliphatic rings. The molecule has 0 spiro atoms. The molecule has 2 heterocycles. The minimum atomic E-state index is -1.11. The third-order valence-corrected chi connectivity index (χ3v) is 6.17. The Labute approximate surface area is 206 Å². The first-order valence-corrected chi connectivity index (χ1v) is 12.1. The highest BCUT2D eigenvalue weighted by molar-refractivity contribution is 6.01. The monoisotopic (exact) mass is 488 g/mol. The van der Waals surface area contributed by atoms with Crippen molar-refractivity contribution in [1.29, 1.82) is 0 Å². The molecule has 4 atom stereocenters. The summed E-state index contributed by atoms with van der Waals surface area (Å²) in [6.07, 6.45) is -0.634. The van der Waals surface area contributed by atoms with Gasteiger partial charge in [-0.15, -0.1) is 0 Å². The van der Waals surface area contributed by atoms with Crippen molar-refractivity contribution in [2.45, 2.75) is 58.4 Å². The number of hydrogen-bond acceptors (Lipinski definition) is 6. The van der Waals surface area contributed by atoms with Crippen molar-refractivity contribution >= 4 is 23.6 Å². The van der Waals surface area contributed by atoms with E-state index in [9.17, 15) is 19.2 Å². The first-order chi connectivity index (χ1) is 16.6. The second kappa shape index (κ2) is 11.5. The lowest BCUT2D eigenvalue weighted by Gasteiger charge is -2.37. The van der Waals surface area contributed by atoms with E-state index in [1.54, 1.807) is 36.2 Å². The molecule has 0 aliphatic carbocycles. The van der Waals surface area contributed by atoms with Gasteiger partial charge in [0.1, 0.15) is 24.4 Å². The number of hydrogen-bond donors (Lipinski definition) is 2. The summed E-state index contributed by atoms with van der Waals surface area (Å²) in [5.74, 6) is -1.45. The van der Waals surface area contributed by atoms with Gasteiger partial charge in [-0.25, -0.2) is 0 Å². The fourth-order valence-corrected chi connectivity index (χ4v) is 4.37. The molecule has 2 aliphatic heterocycles. The minimum absolute atomic E-state index is 0.164. The molecule has 0 radical (unpaired) electrons. The van der Waals surface area contributed by atoms with Gasteiger partial charge in [0.15, 0.2) is 0 Å². The Balaban J connectivity index is 1.93. The number of fused-ring (bicyclic) bond motifs is 1. The van der Waals surface area contributed by atoms with E-state index in [2.05, 4.69) is 10.6 Å². The molecule has 0 unspecified atom stereocenters. The number of likely N-dealkylation sites (N-methyl/N-ethyl adjacent to an activating group) is 1. The molecule has 4 amide bonds. The number of para-hydroxylation sites is 1. The van der Waals surface area contributed by atoms with Gasteiger partial charge in [0.2, 0.25) is 17.7 Å². The summed E-state index contributed by atoms with van der Waals surface area (Å²) in [7, 11) is 1.64. The molecular weight excluding hydrogens is 452 g/mol. The Morgan fingerprint density at radius 1 is 1.06 bits per heavy atom. The van der Waals surface area contributed by atoms with Crippen molar-refractivity contribution in [2.75, 3.05) is 33.3 Å². The van der Waals surface area contributed by atoms with Gasteiger partial charge in [0.05, 0.1) is 30.7 Å². The first kappa shape index (κ1) is 26.5. The molecule has 1 aromatic carbocycles. The van der Waals surface area contributed by atoms with E-state index in [1.807, 2.05) is 27.7 Å². The van der Waals surface area contributed by atoms with E-state index in [4.69, 9.17) is 9.47 Å². The van der Waals surface area contributed by atoms with Crippen LogP contribution in [0.1, 0.15) is 44.5 Å². The Kier molecular flexibility index (Phi) is 8.71. The van der Waals surface area contributed by atoms with E-state index in [0.717, 1.165) is 0 Å². The number of nitrogens with zero attached hydrogens (tertiary/aromatic N) is 2. The van der Waals surface area contributed by atoms with Crippen molar-refractivity contribution in [2.24, 2.45) is 5.92 Å². The van der Waals surface area contributed by atoms with Crippen molar-refractivity contribution < 1.29 is 28.7 Å². The summed E-state index contributed by atoms with van der Waals surface area (Å²) in [6.45, 7) is 8.58. The van der Waals surface area contributed by atoms with Crippen LogP contribution in [0.4, 0.5) is 0 Å². The van der Waals surface area contributed by atoms with Crippen LogP contribution >= 0.6 is 0 Å². The third-order valence-electron chi connectivity index (χ3n) is 6.17. The number of carbonyl (C=O) groups excluding carboxylic acids is 4. The average Bonchev–Trinajstić information content (AvgIpc) is 2.80. The van der Waals surface area contributed by atoms with Crippen LogP contribution in [0.2, 0.25) is 0 Å². The molecule has 1 aromatic rings. The Bertz CT molecular complexity index is 942. The Morgan fingerprint density at radius 2 is 1.71 bits per heavy atom. The quantitative estimate of drug-likeness (QED) is 0.636. The molecule has 10 heteroatoms. The van der Waals surface area contributed by atoms with Crippen molar-refractivity contribution in [1.82, 2.24) is 20.4 Å². The average molecular weight is 489 g/mol. The smallest absolute Gasteiger partial charge is 0.255 e. The van der Waals surface area contributed by atoms with Gasteiger partial charge in [-0.2, -0.15) is 0 Å². The highest BCUT2D eigenvalue weighted by Crippen LogP contribution is 2.20. The molecule has 0 saturated carbocycles. The molecule has 192 valence electrons. The van der Waals surface area contributed by atoms with Gasteiger partial charge in [0, 0.05) is 20.1 Å². The number of benzene rings is 1. The van der Waals surface area contributed by atoms with E-state index in [0.29, 0.717) is 18.8 Å². The van der Waals surface area contributed by atoms with Gasteiger partial charge in [0.25, 0.3) is 5.91 Å². The summed E-state index contributed by atoms with van der Waals surface area (Å²) in [5.41, 5.74) is 0.250. The van der Waals surface area contributed by atoms with E-state index in [1.165, 1.54) is 4.90 Å². The van der Waals surface area contributed by atoms with Gasteiger partial charge < -0.3 is 29.9 Å². The zero-order valence-electron chi connectivity index (χ0n) is 21.1. The molecule has 2 N–H and O–H groups in total. The SMILES string of the molecule is CC(C)[C@@H]1NC(=O)C[C@@H](C(=O)N2C[C@@H](C)O[C@@H](C)C2)NC(=O)c2ccccc2OCCN(C)C1=O. The Morgan fingerprint density at radius 3 is 2.37 bits per heavy atom. The van der Waals surface area contributed by atoms with Crippen molar-refractivity contribution in [3.8, 4) is 5.75 Å². The summed E-state index contributed by atoms with van der Waals surface area (Å²) in [4.78, 5) is 55.9. The largest absolute Gasteiger partial charge is 0.491 e. The van der Waals surface area contributed by atoms with Gasteiger partial charge in [-0.3, -0.25) is 19.2 Å². The Hall–Kier alpha value is -3.14. The lowest BCUT2D eigenvalue weighted by molar-refractivity contribution is -0.146. The lowest BCUT2D eigenvalue weighted by Crippen LogP contribution is -2.57. The minimum Gasteiger partial charge on any atom is -0.491 e. The van der Waals surface area contributed by atoms with Crippen LogP contribution in [0.15, 0.2) is 24.3 Å². The third kappa shape index (κ3) is 6.72. The van der Waals surface area contributed by atoms with Crippen LogP contribution in [-0.2, 0) is 19.1 Å². The summed E-state index contributed by atoms with van der Waals surface area (Å²) in [6, 6.07) is 4.82. The summed E-state index contributed by atoms with van der Waals surface area (Å²) < 4.78 is 11.5. The maximum absolute atomic E-state index is 13.5. The first-order valence-electron chi connectivity index (χ1n) is 12.1. The van der Waals surface area contributed by atoms with Crippen molar-refractivity contribution in [3.63, 3.8) is 0 Å². The fourth-order valence-electron chi connectivity index (χ4n) is 4.37. The lowest BCUT2D eigenvalue weighted by atomic mass is 10.0. The number of morpholine rings is 1. The predicted octanol–water partition coefficient (Wildman–Crippen LogP) is 0.803. The fraction of sp³-hybridized carbons (Fsp3) is 0.600. The summed E-state index contributed by atoms with van der Waals surface area (Å²) >= 11 is 0. The van der Waals surface area contributed by atoms with Crippen LogP contribution in [0.3, 0.4) is 0 Å². The number of nitrogens with one attached hydrogen (secondary N) is 2. The standard InChI is InChI=1S/C25H36N4O6/c1-15(2)22-25(33)28(5)10-11-34-20-9-7-6-8-18(20)23(31)26-19(12-21(30)27-22)24(32)29-13-16(3)35-17(4)14-29/h6-9,15-17,19,22H,10-14H2,1-5H3,(H,26,31)(H,27,30)/t16-,17+,19-,22-/m0/s1. The van der Waals surface area contributed by atoms with Crippen molar-refractivity contribution in [3.05, 3.63) is 29.8 Å². The van der Waals surface area contributed by atoms with Gasteiger partial charge in [-0.05, 0) is 31.9 Å². The second-order valence-electron chi connectivity index (χ2n) is 9.62. The summed E-state index contributed by atoms with van der Waals surface area (Å²) in [5, 5.41) is 5.51. The van der Waals surface area contributed by atoms with E-state index < -0.39 is 23.9 Å². The molecule has 0 aromatic heterocycles. The van der Waals surface area contributed by atoms with Crippen LogP contribution in [-0.4, -0.2) is 91.0 Å². The zero-order chi connectivity index (χ0) is 25.7.